The predicted octanol–water partition coefficient (Wildman–Crippen LogP) is 5.23. The maximum Gasteiger partial charge on any atom is 0.341 e. The lowest BCUT2D eigenvalue weighted by molar-refractivity contribution is 0.0601. The number of ether oxygens (including phenoxy) is 1. The van der Waals surface area contributed by atoms with Gasteiger partial charge in [0.15, 0.2) is 0 Å². The summed E-state index contributed by atoms with van der Waals surface area (Å²) in [7, 11) is 1.37. The normalized spacial score (nSPS) is 9.36. The SMILES string of the molecule is CC.CC.COC(=O)c1ccc2cnc(C)n2c1Nc1ccccc1. The van der Waals surface area contributed by atoms with Crippen LogP contribution < -0.4 is 5.32 Å². The summed E-state index contributed by atoms with van der Waals surface area (Å²) in [5, 5.41) is 3.28. The number of fused-ring (bicyclic) bond motifs is 1. The number of hydrogen-bond donors (Lipinski definition) is 1. The molecule has 0 fully saturated rings. The lowest BCUT2D eigenvalue weighted by Gasteiger charge is -2.14. The first-order valence-corrected chi connectivity index (χ1v) is 8.58. The molecule has 0 radical (unpaired) electrons. The first-order valence-electron chi connectivity index (χ1n) is 8.58. The Bertz CT molecular complexity index is 795. The van der Waals surface area contributed by atoms with Gasteiger partial charge >= 0.3 is 5.97 Å². The minimum Gasteiger partial charge on any atom is -0.465 e. The van der Waals surface area contributed by atoms with Crippen LogP contribution in [0, 0.1) is 6.92 Å². The molecule has 0 bridgehead atoms. The molecule has 2 heterocycles. The number of methoxy groups -OCH3 is 1. The van der Waals surface area contributed by atoms with Gasteiger partial charge in [0.2, 0.25) is 0 Å². The monoisotopic (exact) mass is 341 g/mol. The third-order valence-electron chi connectivity index (χ3n) is 3.31. The lowest BCUT2D eigenvalue weighted by Crippen LogP contribution is -2.10. The van der Waals surface area contributed by atoms with Crippen LogP contribution in [0.1, 0.15) is 43.9 Å². The molecule has 0 unspecified atom stereocenters. The molecule has 1 aromatic carbocycles. The van der Waals surface area contributed by atoms with E-state index >= 15 is 0 Å². The minimum atomic E-state index is -0.386. The summed E-state index contributed by atoms with van der Waals surface area (Å²) >= 11 is 0. The molecule has 5 nitrogen and oxygen atoms in total. The van der Waals surface area contributed by atoms with Gasteiger partial charge in [0.1, 0.15) is 17.2 Å². The number of carbonyl (C=O) groups is 1. The van der Waals surface area contributed by atoms with E-state index in [9.17, 15) is 4.79 Å². The number of pyridine rings is 1. The molecular formula is C20H27N3O2. The largest absolute Gasteiger partial charge is 0.465 e. The number of nitrogens with one attached hydrogen (secondary N) is 1. The lowest BCUT2D eigenvalue weighted by atomic mass is 10.2. The van der Waals surface area contributed by atoms with Crippen molar-refractivity contribution in [2.75, 3.05) is 12.4 Å². The summed E-state index contributed by atoms with van der Waals surface area (Å²) in [4.78, 5) is 16.3. The number of aromatic nitrogens is 2. The van der Waals surface area contributed by atoms with E-state index in [0.717, 1.165) is 17.0 Å². The first kappa shape index (κ1) is 20.2. The molecule has 3 rings (SSSR count). The van der Waals surface area contributed by atoms with Crippen LogP contribution in [0.2, 0.25) is 0 Å². The van der Waals surface area contributed by atoms with Crippen LogP contribution in [0.15, 0.2) is 48.7 Å². The molecule has 0 saturated heterocycles. The molecule has 0 aliphatic heterocycles. The van der Waals surface area contributed by atoms with Gasteiger partial charge in [-0.15, -0.1) is 0 Å². The summed E-state index contributed by atoms with van der Waals surface area (Å²) in [5.41, 5.74) is 2.27. The molecule has 1 N–H and O–H groups in total. The van der Waals surface area contributed by atoms with Crippen LogP contribution in [0.25, 0.3) is 5.52 Å². The van der Waals surface area contributed by atoms with Gasteiger partial charge in [-0.3, -0.25) is 4.40 Å². The zero-order valence-electron chi connectivity index (χ0n) is 15.8. The summed E-state index contributed by atoms with van der Waals surface area (Å²) in [6.07, 6.45) is 1.77. The Morgan fingerprint density at radius 3 is 2.28 bits per heavy atom. The molecule has 0 spiro atoms. The first-order chi connectivity index (χ1) is 12.2. The third kappa shape index (κ3) is 4.59. The molecule has 0 aliphatic rings. The number of benzene rings is 1. The van der Waals surface area contributed by atoms with E-state index in [0.29, 0.717) is 11.4 Å². The Balaban J connectivity index is 0.000000730. The maximum absolute atomic E-state index is 12.0. The second kappa shape index (κ2) is 10.1. The molecule has 0 saturated carbocycles. The predicted molar refractivity (Wildman–Crippen MR) is 104 cm³/mol. The van der Waals surface area contributed by atoms with Crippen LogP contribution in [0.4, 0.5) is 11.5 Å². The van der Waals surface area contributed by atoms with Crippen molar-refractivity contribution < 1.29 is 9.53 Å². The highest BCUT2D eigenvalue weighted by Gasteiger charge is 2.16. The highest BCUT2D eigenvalue weighted by molar-refractivity contribution is 5.96. The van der Waals surface area contributed by atoms with Crippen LogP contribution in [0.5, 0.6) is 0 Å². The standard InChI is InChI=1S/C16H15N3O2.2C2H6/c1-11-17-10-13-8-9-14(16(20)21-2)15(19(11)13)18-12-6-4-3-5-7-12;2*1-2/h3-10,18H,1-2H3;2*1-2H3. The average molecular weight is 341 g/mol. The molecule has 3 aromatic rings. The number of esters is 1. The van der Waals surface area contributed by atoms with Crippen molar-refractivity contribution in [2.24, 2.45) is 0 Å². The van der Waals surface area contributed by atoms with Crippen molar-refractivity contribution in [2.45, 2.75) is 34.6 Å². The van der Waals surface area contributed by atoms with E-state index in [1.165, 1.54) is 7.11 Å². The highest BCUT2D eigenvalue weighted by atomic mass is 16.5. The van der Waals surface area contributed by atoms with E-state index in [-0.39, 0.29) is 5.97 Å². The molecule has 0 amide bonds. The minimum absolute atomic E-state index is 0.386. The molecule has 2 aromatic heterocycles. The Hall–Kier alpha value is -2.82. The van der Waals surface area contributed by atoms with Gasteiger partial charge in [0, 0.05) is 5.69 Å². The number of aryl methyl sites for hydroxylation is 1. The Morgan fingerprint density at radius 1 is 1.04 bits per heavy atom. The fraction of sp³-hybridized carbons (Fsp3) is 0.300. The smallest absolute Gasteiger partial charge is 0.341 e. The summed E-state index contributed by atoms with van der Waals surface area (Å²) in [6.45, 7) is 9.89. The fourth-order valence-electron chi connectivity index (χ4n) is 2.29. The number of anilines is 2. The summed E-state index contributed by atoms with van der Waals surface area (Å²) in [6, 6.07) is 13.3. The average Bonchev–Trinajstić information content (AvgIpc) is 3.07. The van der Waals surface area contributed by atoms with Crippen LogP contribution in [-0.4, -0.2) is 22.5 Å². The van der Waals surface area contributed by atoms with Gasteiger partial charge in [-0.2, -0.15) is 0 Å². The van der Waals surface area contributed by atoms with Crippen LogP contribution in [0.3, 0.4) is 0 Å². The van der Waals surface area contributed by atoms with Crippen molar-refractivity contribution in [3.05, 3.63) is 60.0 Å². The number of nitrogens with zero attached hydrogens (tertiary/aromatic N) is 2. The van der Waals surface area contributed by atoms with Gasteiger partial charge < -0.3 is 10.1 Å². The Morgan fingerprint density at radius 2 is 1.68 bits per heavy atom. The number of para-hydroxylation sites is 1. The maximum atomic E-state index is 12.0. The van der Waals surface area contributed by atoms with E-state index in [1.807, 2.05) is 75.4 Å². The van der Waals surface area contributed by atoms with Crippen molar-refractivity contribution in [3.63, 3.8) is 0 Å². The zero-order valence-corrected chi connectivity index (χ0v) is 15.8. The summed E-state index contributed by atoms with van der Waals surface area (Å²) in [5.74, 6) is 1.07. The van der Waals surface area contributed by atoms with Crippen LogP contribution >= 0.6 is 0 Å². The molecule has 134 valence electrons. The van der Waals surface area contributed by atoms with Gasteiger partial charge in [0.25, 0.3) is 0 Å². The Labute approximate surface area is 149 Å². The third-order valence-corrected chi connectivity index (χ3v) is 3.31. The van der Waals surface area contributed by atoms with Gasteiger partial charge in [-0.05, 0) is 31.2 Å². The Kier molecular flexibility index (Phi) is 8.19. The number of rotatable bonds is 3. The van der Waals surface area contributed by atoms with Gasteiger partial charge in [-0.1, -0.05) is 45.9 Å². The van der Waals surface area contributed by atoms with E-state index < -0.39 is 0 Å². The molecule has 0 aliphatic carbocycles. The van der Waals surface area contributed by atoms with E-state index in [1.54, 1.807) is 12.3 Å². The topological polar surface area (TPSA) is 55.6 Å². The number of imidazole rings is 1. The van der Waals surface area contributed by atoms with Crippen molar-refractivity contribution in [3.8, 4) is 0 Å². The molecule has 0 atom stereocenters. The van der Waals surface area contributed by atoms with E-state index in [4.69, 9.17) is 4.74 Å². The second-order valence-electron chi connectivity index (χ2n) is 4.64. The molecule has 5 heteroatoms. The van der Waals surface area contributed by atoms with Gasteiger partial charge in [-0.25, -0.2) is 9.78 Å². The van der Waals surface area contributed by atoms with Crippen molar-refractivity contribution in [1.82, 2.24) is 9.38 Å². The summed E-state index contributed by atoms with van der Waals surface area (Å²) < 4.78 is 6.77. The second-order valence-corrected chi connectivity index (χ2v) is 4.64. The molecular weight excluding hydrogens is 314 g/mol. The van der Waals surface area contributed by atoms with Crippen molar-refractivity contribution >= 4 is 23.0 Å². The van der Waals surface area contributed by atoms with Gasteiger partial charge in [0.05, 0.1) is 18.8 Å². The number of carbonyl (C=O) groups excluding carboxylic acids is 1. The van der Waals surface area contributed by atoms with E-state index in [2.05, 4.69) is 10.3 Å². The highest BCUT2D eigenvalue weighted by Crippen LogP contribution is 2.25. The van der Waals surface area contributed by atoms with Crippen LogP contribution in [-0.2, 0) is 4.74 Å². The van der Waals surface area contributed by atoms with Crippen molar-refractivity contribution in [1.29, 1.82) is 0 Å². The molecule has 25 heavy (non-hydrogen) atoms. The fourth-order valence-corrected chi connectivity index (χ4v) is 2.29. The zero-order chi connectivity index (χ0) is 18.8. The quantitative estimate of drug-likeness (QED) is 0.663. The number of hydrogen-bond acceptors (Lipinski definition) is 4.